The molecular formula is C11H16N2O4. The fourth-order valence-electron chi connectivity index (χ4n) is 1.69. The highest BCUT2D eigenvalue weighted by atomic mass is 16.5. The summed E-state index contributed by atoms with van der Waals surface area (Å²) in [5.41, 5.74) is 0. The average Bonchev–Trinajstić information content (AvgIpc) is 2.81. The topological polar surface area (TPSA) is 99.4 Å². The molecular weight excluding hydrogens is 224 g/mol. The molecule has 17 heavy (non-hydrogen) atoms. The Morgan fingerprint density at radius 1 is 1.59 bits per heavy atom. The van der Waals surface area contributed by atoms with Crippen molar-refractivity contribution in [3.8, 4) is 6.07 Å². The van der Waals surface area contributed by atoms with Crippen molar-refractivity contribution in [2.75, 3.05) is 6.61 Å². The molecule has 0 aromatic heterocycles. The molecule has 0 aliphatic carbocycles. The van der Waals surface area contributed by atoms with Crippen LogP contribution in [-0.2, 0) is 14.3 Å². The van der Waals surface area contributed by atoms with E-state index in [2.05, 4.69) is 5.32 Å². The third-order valence-corrected chi connectivity index (χ3v) is 2.62. The molecule has 94 valence electrons. The largest absolute Gasteiger partial charge is 0.480 e. The maximum absolute atomic E-state index is 11.6. The monoisotopic (exact) mass is 240 g/mol. The summed E-state index contributed by atoms with van der Waals surface area (Å²) in [5.74, 6) is -1.44. The summed E-state index contributed by atoms with van der Waals surface area (Å²) in [7, 11) is 0. The van der Waals surface area contributed by atoms with E-state index in [1.165, 1.54) is 0 Å². The second kappa shape index (κ2) is 6.86. The third kappa shape index (κ3) is 4.41. The number of carboxylic acids is 1. The van der Waals surface area contributed by atoms with Crippen molar-refractivity contribution >= 4 is 11.9 Å². The Kier molecular flexibility index (Phi) is 5.43. The van der Waals surface area contributed by atoms with Gasteiger partial charge in [-0.3, -0.25) is 4.79 Å². The van der Waals surface area contributed by atoms with Gasteiger partial charge in [-0.05, 0) is 25.7 Å². The maximum atomic E-state index is 11.6. The second-order valence-electron chi connectivity index (χ2n) is 3.95. The van der Waals surface area contributed by atoms with E-state index in [0.717, 1.165) is 6.42 Å². The summed E-state index contributed by atoms with van der Waals surface area (Å²) in [5, 5.41) is 19.7. The van der Waals surface area contributed by atoms with E-state index in [4.69, 9.17) is 15.1 Å². The van der Waals surface area contributed by atoms with Crippen molar-refractivity contribution < 1.29 is 19.4 Å². The van der Waals surface area contributed by atoms with E-state index < -0.39 is 18.1 Å². The van der Waals surface area contributed by atoms with Crippen molar-refractivity contribution in [3.05, 3.63) is 0 Å². The fourth-order valence-corrected chi connectivity index (χ4v) is 1.69. The number of amides is 1. The number of ether oxygens (including phenoxy) is 1. The number of aliphatic carboxylic acids is 1. The number of rotatable bonds is 6. The fraction of sp³-hybridized carbons (Fsp3) is 0.727. The predicted octanol–water partition coefficient (Wildman–Crippen LogP) is 0.429. The smallest absolute Gasteiger partial charge is 0.326 e. The van der Waals surface area contributed by atoms with Crippen LogP contribution in [0, 0.1) is 11.3 Å². The van der Waals surface area contributed by atoms with Gasteiger partial charge in [0.25, 0.3) is 0 Å². The van der Waals surface area contributed by atoms with Crippen molar-refractivity contribution in [3.63, 3.8) is 0 Å². The zero-order valence-electron chi connectivity index (χ0n) is 9.52. The lowest BCUT2D eigenvalue weighted by Gasteiger charge is -2.16. The number of hydrogen-bond acceptors (Lipinski definition) is 4. The van der Waals surface area contributed by atoms with Gasteiger partial charge in [-0.15, -0.1) is 0 Å². The quantitative estimate of drug-likeness (QED) is 0.656. The highest BCUT2D eigenvalue weighted by Crippen LogP contribution is 2.12. The number of carbonyl (C=O) groups excluding carboxylic acids is 1. The van der Waals surface area contributed by atoms with E-state index >= 15 is 0 Å². The summed E-state index contributed by atoms with van der Waals surface area (Å²) in [6.45, 7) is 0.546. The first-order valence-electron chi connectivity index (χ1n) is 5.67. The van der Waals surface area contributed by atoms with Gasteiger partial charge in [0, 0.05) is 13.0 Å². The molecule has 1 heterocycles. The molecule has 1 amide bonds. The summed E-state index contributed by atoms with van der Waals surface area (Å²) in [6.07, 6.45) is 1.95. The standard InChI is InChI=1S/C11H16N2O4/c12-6-2-1-4-8(11(15)16)13-10(14)9-5-3-7-17-9/h8-9H,1-5,7H2,(H,13,14)(H,15,16)/t8-,9+/m0/s1. The number of nitrogens with one attached hydrogen (secondary N) is 1. The average molecular weight is 240 g/mol. The normalized spacial score (nSPS) is 20.5. The molecule has 1 aliphatic rings. The molecule has 0 spiro atoms. The van der Waals surface area contributed by atoms with Gasteiger partial charge in [0.15, 0.2) is 0 Å². The molecule has 0 unspecified atom stereocenters. The Morgan fingerprint density at radius 2 is 2.35 bits per heavy atom. The van der Waals surface area contributed by atoms with Gasteiger partial charge in [-0.1, -0.05) is 0 Å². The molecule has 2 N–H and O–H groups in total. The molecule has 1 aliphatic heterocycles. The Morgan fingerprint density at radius 3 is 2.88 bits per heavy atom. The van der Waals surface area contributed by atoms with Gasteiger partial charge in [-0.2, -0.15) is 5.26 Å². The highest BCUT2D eigenvalue weighted by Gasteiger charge is 2.27. The molecule has 0 aromatic rings. The van der Waals surface area contributed by atoms with Crippen molar-refractivity contribution in [1.29, 1.82) is 5.26 Å². The number of hydrogen-bond donors (Lipinski definition) is 2. The number of unbranched alkanes of at least 4 members (excludes halogenated alkanes) is 1. The number of nitrogens with zero attached hydrogens (tertiary/aromatic N) is 1. The molecule has 0 bridgehead atoms. The molecule has 0 radical (unpaired) electrons. The Labute approximate surface area is 99.6 Å². The first kappa shape index (κ1) is 13.5. The van der Waals surface area contributed by atoms with Gasteiger partial charge in [-0.25, -0.2) is 4.79 Å². The van der Waals surface area contributed by atoms with Gasteiger partial charge >= 0.3 is 5.97 Å². The zero-order chi connectivity index (χ0) is 12.7. The number of carboxylic acid groups (broad SMARTS) is 1. The highest BCUT2D eigenvalue weighted by molar-refractivity contribution is 5.86. The summed E-state index contributed by atoms with van der Waals surface area (Å²) in [6, 6.07) is 1.01. The van der Waals surface area contributed by atoms with Crippen LogP contribution in [0.2, 0.25) is 0 Å². The van der Waals surface area contributed by atoms with E-state index in [1.54, 1.807) is 0 Å². The molecule has 1 fully saturated rings. The van der Waals surface area contributed by atoms with Crippen LogP contribution in [0.15, 0.2) is 0 Å². The lowest BCUT2D eigenvalue weighted by molar-refractivity contribution is -0.143. The van der Waals surface area contributed by atoms with Crippen LogP contribution < -0.4 is 5.32 Å². The van der Waals surface area contributed by atoms with Gasteiger partial charge in [0.2, 0.25) is 5.91 Å². The van der Waals surface area contributed by atoms with Crippen molar-refractivity contribution in [1.82, 2.24) is 5.32 Å². The van der Waals surface area contributed by atoms with Crippen LogP contribution in [0.25, 0.3) is 0 Å². The second-order valence-corrected chi connectivity index (χ2v) is 3.95. The lowest BCUT2D eigenvalue weighted by atomic mass is 10.1. The predicted molar refractivity (Wildman–Crippen MR) is 58.0 cm³/mol. The minimum absolute atomic E-state index is 0.265. The van der Waals surface area contributed by atoms with E-state index in [0.29, 0.717) is 25.9 Å². The first-order chi connectivity index (χ1) is 8.15. The lowest BCUT2D eigenvalue weighted by Crippen LogP contribution is -2.45. The Hall–Kier alpha value is -1.61. The van der Waals surface area contributed by atoms with Crippen LogP contribution in [0.4, 0.5) is 0 Å². The Balaban J connectivity index is 2.40. The van der Waals surface area contributed by atoms with Crippen LogP contribution in [0.3, 0.4) is 0 Å². The zero-order valence-corrected chi connectivity index (χ0v) is 9.52. The van der Waals surface area contributed by atoms with Crippen LogP contribution in [-0.4, -0.2) is 35.7 Å². The van der Waals surface area contributed by atoms with Crippen molar-refractivity contribution in [2.45, 2.75) is 44.2 Å². The van der Waals surface area contributed by atoms with Gasteiger partial charge < -0.3 is 15.2 Å². The van der Waals surface area contributed by atoms with Crippen molar-refractivity contribution in [2.24, 2.45) is 0 Å². The first-order valence-corrected chi connectivity index (χ1v) is 5.67. The van der Waals surface area contributed by atoms with Gasteiger partial charge in [0.05, 0.1) is 6.07 Å². The third-order valence-electron chi connectivity index (χ3n) is 2.62. The summed E-state index contributed by atoms with van der Waals surface area (Å²) >= 11 is 0. The number of carbonyl (C=O) groups is 2. The van der Waals surface area contributed by atoms with Crippen LogP contribution in [0.5, 0.6) is 0 Å². The van der Waals surface area contributed by atoms with Crippen LogP contribution >= 0.6 is 0 Å². The minimum atomic E-state index is -1.07. The Bertz CT molecular complexity index is 318. The molecule has 0 aromatic carbocycles. The molecule has 0 saturated carbocycles. The van der Waals surface area contributed by atoms with Crippen LogP contribution in [0.1, 0.15) is 32.1 Å². The molecule has 6 heteroatoms. The van der Waals surface area contributed by atoms with Gasteiger partial charge in [0.1, 0.15) is 12.1 Å². The summed E-state index contributed by atoms with van der Waals surface area (Å²) in [4.78, 5) is 22.5. The molecule has 1 rings (SSSR count). The SMILES string of the molecule is N#CCCC[C@H](NC(=O)[C@H]1CCCO1)C(=O)O. The number of nitriles is 1. The summed E-state index contributed by atoms with van der Waals surface area (Å²) < 4.78 is 5.16. The molecule has 6 nitrogen and oxygen atoms in total. The minimum Gasteiger partial charge on any atom is -0.480 e. The maximum Gasteiger partial charge on any atom is 0.326 e. The molecule has 2 atom stereocenters. The molecule has 1 saturated heterocycles. The van der Waals surface area contributed by atoms with E-state index in [1.807, 2.05) is 6.07 Å². The van der Waals surface area contributed by atoms with E-state index in [-0.39, 0.29) is 12.3 Å². The van der Waals surface area contributed by atoms with E-state index in [9.17, 15) is 9.59 Å².